The molecule has 10 heteroatoms. The average Bonchev–Trinajstić information content (AvgIpc) is 2.64. The summed E-state index contributed by atoms with van der Waals surface area (Å²) in [6.07, 6.45) is -1.64. The monoisotopic (exact) mass is 402 g/mol. The number of aromatic hydroxyl groups is 1. The molecule has 1 aromatic carbocycles. The summed E-state index contributed by atoms with van der Waals surface area (Å²) in [6.45, 7) is 0. The maximum Gasteiger partial charge on any atom is 0.255 e. The molecule has 0 bridgehead atoms. The van der Waals surface area contributed by atoms with Crippen molar-refractivity contribution in [2.24, 2.45) is 23.3 Å². The number of phenols is 1. The molecule has 0 aliphatic heterocycles. The summed E-state index contributed by atoms with van der Waals surface area (Å²) in [6, 6.07) is 2.71. The summed E-state index contributed by atoms with van der Waals surface area (Å²) in [5, 5.41) is 53.1. The molecule has 0 unspecified atom stereocenters. The van der Waals surface area contributed by atoms with Gasteiger partial charge in [-0.1, -0.05) is 12.1 Å². The lowest BCUT2D eigenvalue weighted by molar-refractivity contribution is -0.156. The third-order valence-corrected chi connectivity index (χ3v) is 6.07. The molecule has 0 saturated carbocycles. The molecule has 0 heterocycles. The van der Waals surface area contributed by atoms with Crippen molar-refractivity contribution in [3.63, 3.8) is 0 Å². The Morgan fingerprint density at radius 2 is 1.83 bits per heavy atom. The Balaban J connectivity index is 2.00. The zero-order valence-corrected chi connectivity index (χ0v) is 14.9. The molecule has 9 N–H and O–H groups in total. The van der Waals surface area contributed by atoms with E-state index in [1.165, 1.54) is 12.1 Å². The number of hydrogen-bond donors (Lipinski definition) is 7. The molecule has 3 aliphatic rings. The van der Waals surface area contributed by atoms with Crippen LogP contribution in [0.25, 0.3) is 0 Å². The van der Waals surface area contributed by atoms with Gasteiger partial charge in [0.05, 0.1) is 23.6 Å². The highest BCUT2D eigenvalue weighted by molar-refractivity contribution is 6.24. The molecule has 3 aliphatic carbocycles. The number of carbonyl (C=O) groups is 3. The predicted molar refractivity (Wildman–Crippen MR) is 95.6 cm³/mol. The quantitative estimate of drug-likeness (QED) is 0.272. The van der Waals surface area contributed by atoms with Crippen LogP contribution in [0, 0.1) is 11.8 Å². The van der Waals surface area contributed by atoms with Crippen molar-refractivity contribution >= 4 is 17.5 Å². The molecule has 1 aromatic rings. The molecular weight excluding hydrogens is 384 g/mol. The smallest absolute Gasteiger partial charge is 0.255 e. The first kappa shape index (κ1) is 19.1. The minimum absolute atomic E-state index is 0.00330. The third-order valence-electron chi connectivity index (χ3n) is 6.07. The van der Waals surface area contributed by atoms with Gasteiger partial charge in [0.2, 0.25) is 5.78 Å². The van der Waals surface area contributed by atoms with Gasteiger partial charge < -0.3 is 37.0 Å². The van der Waals surface area contributed by atoms with Crippen LogP contribution in [0.15, 0.2) is 40.9 Å². The molecule has 0 aromatic heterocycles. The van der Waals surface area contributed by atoms with E-state index in [0.29, 0.717) is 5.56 Å². The summed E-state index contributed by atoms with van der Waals surface area (Å²) in [4.78, 5) is 37.5. The van der Waals surface area contributed by atoms with Crippen LogP contribution < -0.4 is 11.5 Å². The van der Waals surface area contributed by atoms with E-state index >= 15 is 0 Å². The van der Waals surface area contributed by atoms with Gasteiger partial charge in [0.1, 0.15) is 22.8 Å². The molecular formula is C19H18N2O8. The standard InChI is InChI=1S/C19H18N2O8/c20-12-11-13(23)6-4-5-2-1-3-7(22)8(5)14(24)9(6)16(26)19(11,29)17(27)10(15(12)25)18(21)28/h1-3,6,11-13,22-23,25-26,29H,4,20H2,(H2,21,28)/t6-,11-,12+,13+,19+/m1/s1. The van der Waals surface area contributed by atoms with Crippen LogP contribution in [0.4, 0.5) is 0 Å². The van der Waals surface area contributed by atoms with Gasteiger partial charge in [-0.05, 0) is 18.1 Å². The molecule has 10 nitrogen and oxygen atoms in total. The lowest BCUT2D eigenvalue weighted by Crippen LogP contribution is -2.67. The molecule has 0 saturated heterocycles. The van der Waals surface area contributed by atoms with Crippen LogP contribution in [-0.2, 0) is 16.0 Å². The largest absolute Gasteiger partial charge is 0.510 e. The number of ketones is 2. The van der Waals surface area contributed by atoms with Crippen LogP contribution in [0.5, 0.6) is 5.75 Å². The fraction of sp³-hybridized carbons (Fsp3) is 0.316. The lowest BCUT2D eigenvalue weighted by Gasteiger charge is -2.50. The Kier molecular flexibility index (Phi) is 3.89. The van der Waals surface area contributed by atoms with Crippen molar-refractivity contribution in [1.29, 1.82) is 0 Å². The van der Waals surface area contributed by atoms with Gasteiger partial charge in [0.25, 0.3) is 5.91 Å². The van der Waals surface area contributed by atoms with Gasteiger partial charge in [-0.2, -0.15) is 0 Å². The van der Waals surface area contributed by atoms with Crippen molar-refractivity contribution in [3.8, 4) is 5.75 Å². The third kappa shape index (κ3) is 2.18. The summed E-state index contributed by atoms with van der Waals surface area (Å²) in [5.74, 6) is -8.79. The van der Waals surface area contributed by atoms with E-state index in [2.05, 4.69) is 0 Å². The zero-order chi connectivity index (χ0) is 21.4. The van der Waals surface area contributed by atoms with Crippen LogP contribution in [0.1, 0.15) is 15.9 Å². The predicted octanol–water partition coefficient (Wildman–Crippen LogP) is -1.51. The number of amides is 1. The fourth-order valence-corrected chi connectivity index (χ4v) is 4.71. The molecule has 4 rings (SSSR count). The second kappa shape index (κ2) is 5.89. The molecule has 0 spiro atoms. The summed E-state index contributed by atoms with van der Waals surface area (Å²) >= 11 is 0. The topological polar surface area (TPSA) is 204 Å². The first-order valence-electron chi connectivity index (χ1n) is 8.76. The van der Waals surface area contributed by atoms with E-state index < -0.39 is 69.7 Å². The first-order valence-corrected chi connectivity index (χ1v) is 8.76. The van der Waals surface area contributed by atoms with Crippen molar-refractivity contribution in [3.05, 3.63) is 52.0 Å². The average molecular weight is 402 g/mol. The second-order valence-corrected chi connectivity index (χ2v) is 7.48. The number of Topliss-reactive ketones (excluding diaryl/α,β-unsaturated/α-hetero) is 2. The van der Waals surface area contributed by atoms with Gasteiger partial charge in [0.15, 0.2) is 11.4 Å². The van der Waals surface area contributed by atoms with Crippen LogP contribution in [-0.4, -0.2) is 60.8 Å². The molecule has 0 fully saturated rings. The Labute approximate surface area is 163 Å². The van der Waals surface area contributed by atoms with Crippen molar-refractivity contribution in [2.45, 2.75) is 24.2 Å². The number of aliphatic hydroxyl groups excluding tert-OH is 3. The van der Waals surface area contributed by atoms with E-state index in [1.54, 1.807) is 6.07 Å². The Morgan fingerprint density at radius 3 is 2.45 bits per heavy atom. The van der Waals surface area contributed by atoms with Gasteiger partial charge in [-0.15, -0.1) is 0 Å². The SMILES string of the molecule is NC(=O)C1=C(O)[C@@H](N)[C@@H]2[C@@H](O)[C@@H]3Cc4cccc(O)c4C(=O)C3=C(O)[C@]2(O)C1=O. The molecule has 152 valence electrons. The Morgan fingerprint density at radius 1 is 1.17 bits per heavy atom. The van der Waals surface area contributed by atoms with Gasteiger partial charge in [-0.25, -0.2) is 0 Å². The highest BCUT2D eigenvalue weighted by Gasteiger charge is 2.65. The number of nitrogens with two attached hydrogens (primary N) is 2. The summed E-state index contributed by atoms with van der Waals surface area (Å²) in [7, 11) is 0. The maximum absolute atomic E-state index is 13.0. The van der Waals surface area contributed by atoms with Crippen molar-refractivity contribution in [2.75, 3.05) is 0 Å². The van der Waals surface area contributed by atoms with Gasteiger partial charge >= 0.3 is 0 Å². The number of fused-ring (bicyclic) bond motifs is 3. The first-order chi connectivity index (χ1) is 13.5. The number of carbonyl (C=O) groups excluding carboxylic acids is 3. The summed E-state index contributed by atoms with van der Waals surface area (Å²) in [5.41, 5.74) is 6.85. The van der Waals surface area contributed by atoms with E-state index in [0.717, 1.165) is 0 Å². The normalized spacial score (nSPS) is 33.9. The molecule has 5 atom stereocenters. The van der Waals surface area contributed by atoms with Crippen molar-refractivity contribution < 1.29 is 39.9 Å². The van der Waals surface area contributed by atoms with Gasteiger partial charge in [0, 0.05) is 11.5 Å². The lowest BCUT2D eigenvalue weighted by atomic mass is 9.57. The maximum atomic E-state index is 13.0. The molecule has 29 heavy (non-hydrogen) atoms. The second-order valence-electron chi connectivity index (χ2n) is 7.48. The highest BCUT2D eigenvalue weighted by Crippen LogP contribution is 2.51. The minimum Gasteiger partial charge on any atom is -0.510 e. The molecule has 1 amide bonds. The summed E-state index contributed by atoms with van der Waals surface area (Å²) < 4.78 is 0. The number of benzene rings is 1. The van der Waals surface area contributed by atoms with Crippen LogP contribution in [0.3, 0.4) is 0 Å². The van der Waals surface area contributed by atoms with Crippen molar-refractivity contribution in [1.82, 2.24) is 0 Å². The van der Waals surface area contributed by atoms with E-state index in [4.69, 9.17) is 11.5 Å². The zero-order valence-electron chi connectivity index (χ0n) is 14.9. The van der Waals surface area contributed by atoms with E-state index in [-0.39, 0.29) is 17.7 Å². The fourth-order valence-electron chi connectivity index (χ4n) is 4.71. The number of phenolic OH excluding ortho intramolecular Hbond substituents is 1. The minimum atomic E-state index is -2.95. The van der Waals surface area contributed by atoms with Crippen LogP contribution in [0.2, 0.25) is 0 Å². The molecule has 0 radical (unpaired) electrons. The van der Waals surface area contributed by atoms with Crippen LogP contribution >= 0.6 is 0 Å². The van der Waals surface area contributed by atoms with E-state index in [9.17, 15) is 39.9 Å². The number of aliphatic hydroxyl groups is 4. The number of hydrogen-bond acceptors (Lipinski definition) is 9. The Hall–Kier alpha value is -3.21. The van der Waals surface area contributed by atoms with Gasteiger partial charge in [-0.3, -0.25) is 14.4 Å². The van der Waals surface area contributed by atoms with E-state index in [1.807, 2.05) is 0 Å². The number of rotatable bonds is 1. The Bertz CT molecular complexity index is 1060. The highest BCUT2D eigenvalue weighted by atomic mass is 16.4. The number of primary amides is 1.